The fourth-order valence-electron chi connectivity index (χ4n) is 2.55. The Kier molecular flexibility index (Phi) is 3.74. The van der Waals surface area contributed by atoms with E-state index in [1.54, 1.807) is 7.11 Å². The number of hydrogen-bond acceptors (Lipinski definition) is 2. The van der Waals surface area contributed by atoms with Crippen LogP contribution >= 0.6 is 0 Å². The summed E-state index contributed by atoms with van der Waals surface area (Å²) in [6.45, 7) is 5.65. The molecule has 1 unspecified atom stereocenters. The van der Waals surface area contributed by atoms with Crippen LogP contribution in [0.4, 0.5) is 0 Å². The van der Waals surface area contributed by atoms with Gasteiger partial charge < -0.3 is 9.84 Å². The molecule has 1 saturated carbocycles. The Labute approximate surface area is 81.3 Å². The summed E-state index contributed by atoms with van der Waals surface area (Å²) < 4.78 is 5.11. The molecule has 1 N–H and O–H groups in total. The first-order valence-corrected chi connectivity index (χ1v) is 5.24. The summed E-state index contributed by atoms with van der Waals surface area (Å²) in [6.07, 6.45) is 3.71. The Balaban J connectivity index is 2.40. The third-order valence-corrected chi connectivity index (χ3v) is 3.77. The molecule has 0 saturated heterocycles. The third-order valence-electron chi connectivity index (χ3n) is 3.77. The van der Waals surface area contributed by atoms with E-state index in [1.165, 1.54) is 12.8 Å². The van der Waals surface area contributed by atoms with Crippen LogP contribution in [0.1, 0.15) is 33.1 Å². The van der Waals surface area contributed by atoms with Crippen molar-refractivity contribution < 1.29 is 9.84 Å². The molecule has 1 aliphatic rings. The first-order chi connectivity index (χ1) is 6.14. The number of aliphatic hydroxyl groups excluding tert-OH is 1. The summed E-state index contributed by atoms with van der Waals surface area (Å²) in [7, 11) is 1.76. The lowest BCUT2D eigenvalue weighted by molar-refractivity contribution is -0.0325. The van der Waals surface area contributed by atoms with Gasteiger partial charge in [0.15, 0.2) is 0 Å². The zero-order valence-corrected chi connectivity index (χ0v) is 9.05. The maximum atomic E-state index is 9.10. The first kappa shape index (κ1) is 11.0. The Bertz CT molecular complexity index is 158. The standard InChI is InChI=1S/C11H22O2/c1-9(8-12)10-4-5-11(10,2)6-7-13-3/h9-10,12H,4-8H2,1-3H3/t9?,10-,11+/m0/s1. The van der Waals surface area contributed by atoms with E-state index in [0.717, 1.165) is 13.0 Å². The number of aliphatic hydroxyl groups is 1. The molecule has 1 rings (SSSR count). The molecule has 0 aromatic rings. The minimum atomic E-state index is 0.327. The van der Waals surface area contributed by atoms with E-state index in [-0.39, 0.29) is 0 Å². The average Bonchev–Trinajstić information content (AvgIpc) is 2.12. The van der Waals surface area contributed by atoms with E-state index in [1.807, 2.05) is 0 Å². The molecular formula is C11H22O2. The monoisotopic (exact) mass is 186 g/mol. The molecule has 0 aromatic heterocycles. The van der Waals surface area contributed by atoms with Crippen LogP contribution in [-0.4, -0.2) is 25.4 Å². The zero-order chi connectivity index (χ0) is 9.90. The predicted octanol–water partition coefficient (Wildman–Crippen LogP) is 2.07. The maximum absolute atomic E-state index is 9.10. The minimum absolute atomic E-state index is 0.327. The van der Waals surface area contributed by atoms with Gasteiger partial charge in [0.05, 0.1) is 0 Å². The maximum Gasteiger partial charge on any atom is 0.0467 e. The lowest BCUT2D eigenvalue weighted by Crippen LogP contribution is -2.43. The molecule has 0 amide bonds. The van der Waals surface area contributed by atoms with Crippen molar-refractivity contribution >= 4 is 0 Å². The Hall–Kier alpha value is -0.0800. The van der Waals surface area contributed by atoms with E-state index in [4.69, 9.17) is 9.84 Å². The molecule has 0 aliphatic heterocycles. The molecule has 2 nitrogen and oxygen atoms in total. The molecule has 0 aromatic carbocycles. The smallest absolute Gasteiger partial charge is 0.0467 e. The van der Waals surface area contributed by atoms with Gasteiger partial charge in [-0.3, -0.25) is 0 Å². The highest BCUT2D eigenvalue weighted by Gasteiger charge is 2.44. The summed E-state index contributed by atoms with van der Waals surface area (Å²) in [5.41, 5.74) is 0.429. The van der Waals surface area contributed by atoms with Gasteiger partial charge >= 0.3 is 0 Å². The second-order valence-electron chi connectivity index (χ2n) is 4.70. The van der Waals surface area contributed by atoms with Crippen molar-refractivity contribution in [2.75, 3.05) is 20.3 Å². The van der Waals surface area contributed by atoms with Crippen LogP contribution in [0.25, 0.3) is 0 Å². The predicted molar refractivity (Wildman–Crippen MR) is 53.6 cm³/mol. The van der Waals surface area contributed by atoms with Gasteiger partial charge in [-0.1, -0.05) is 13.8 Å². The Morgan fingerprint density at radius 3 is 2.69 bits per heavy atom. The number of rotatable bonds is 5. The third kappa shape index (κ3) is 2.23. The van der Waals surface area contributed by atoms with Gasteiger partial charge in [0.25, 0.3) is 0 Å². The molecule has 0 heterocycles. The van der Waals surface area contributed by atoms with Crippen molar-refractivity contribution in [2.24, 2.45) is 17.3 Å². The molecule has 13 heavy (non-hydrogen) atoms. The first-order valence-electron chi connectivity index (χ1n) is 5.24. The summed E-state index contributed by atoms with van der Waals surface area (Å²) >= 11 is 0. The minimum Gasteiger partial charge on any atom is -0.396 e. The molecular weight excluding hydrogens is 164 g/mol. The summed E-state index contributed by atoms with van der Waals surface area (Å²) in [4.78, 5) is 0. The van der Waals surface area contributed by atoms with Gasteiger partial charge in [0, 0.05) is 20.3 Å². The SMILES string of the molecule is COCC[C@@]1(C)CC[C@H]1C(C)CO. The van der Waals surface area contributed by atoms with Gasteiger partial charge in [0.2, 0.25) is 0 Å². The lowest BCUT2D eigenvalue weighted by atomic mass is 9.56. The van der Waals surface area contributed by atoms with Crippen LogP contribution in [0.3, 0.4) is 0 Å². The molecule has 0 spiro atoms. The number of methoxy groups -OCH3 is 1. The lowest BCUT2D eigenvalue weighted by Gasteiger charge is -2.50. The van der Waals surface area contributed by atoms with Crippen molar-refractivity contribution in [1.29, 1.82) is 0 Å². The fourth-order valence-corrected chi connectivity index (χ4v) is 2.55. The molecule has 0 radical (unpaired) electrons. The van der Waals surface area contributed by atoms with Crippen LogP contribution in [-0.2, 0) is 4.74 Å². The summed E-state index contributed by atoms with van der Waals surface area (Å²) in [5.74, 6) is 1.16. The highest BCUT2D eigenvalue weighted by Crippen LogP contribution is 2.52. The largest absolute Gasteiger partial charge is 0.396 e. The molecule has 1 fully saturated rings. The fraction of sp³-hybridized carbons (Fsp3) is 1.00. The van der Waals surface area contributed by atoms with E-state index in [9.17, 15) is 0 Å². The van der Waals surface area contributed by atoms with E-state index in [0.29, 0.717) is 23.9 Å². The van der Waals surface area contributed by atoms with Gasteiger partial charge in [0.1, 0.15) is 0 Å². The van der Waals surface area contributed by atoms with Crippen LogP contribution in [0.5, 0.6) is 0 Å². The molecule has 2 heteroatoms. The second kappa shape index (κ2) is 4.43. The van der Waals surface area contributed by atoms with Crippen LogP contribution in [0, 0.1) is 17.3 Å². The topological polar surface area (TPSA) is 29.5 Å². The molecule has 78 valence electrons. The molecule has 3 atom stereocenters. The average molecular weight is 186 g/mol. The quantitative estimate of drug-likeness (QED) is 0.712. The van der Waals surface area contributed by atoms with Gasteiger partial charge in [-0.05, 0) is 36.5 Å². The van der Waals surface area contributed by atoms with Crippen molar-refractivity contribution in [3.63, 3.8) is 0 Å². The van der Waals surface area contributed by atoms with Gasteiger partial charge in [-0.2, -0.15) is 0 Å². The van der Waals surface area contributed by atoms with Crippen molar-refractivity contribution in [3.05, 3.63) is 0 Å². The Morgan fingerprint density at radius 1 is 1.62 bits per heavy atom. The van der Waals surface area contributed by atoms with Crippen molar-refractivity contribution in [3.8, 4) is 0 Å². The highest BCUT2D eigenvalue weighted by molar-refractivity contribution is 4.94. The normalized spacial score (nSPS) is 35.5. The van der Waals surface area contributed by atoms with Crippen molar-refractivity contribution in [1.82, 2.24) is 0 Å². The zero-order valence-electron chi connectivity index (χ0n) is 9.05. The van der Waals surface area contributed by atoms with Crippen molar-refractivity contribution in [2.45, 2.75) is 33.1 Å². The van der Waals surface area contributed by atoms with Gasteiger partial charge in [-0.15, -0.1) is 0 Å². The Morgan fingerprint density at radius 2 is 2.31 bits per heavy atom. The van der Waals surface area contributed by atoms with Crippen LogP contribution in [0.15, 0.2) is 0 Å². The van der Waals surface area contributed by atoms with E-state index >= 15 is 0 Å². The summed E-state index contributed by atoms with van der Waals surface area (Å²) in [6, 6.07) is 0. The highest BCUT2D eigenvalue weighted by atomic mass is 16.5. The van der Waals surface area contributed by atoms with Gasteiger partial charge in [-0.25, -0.2) is 0 Å². The summed E-state index contributed by atoms with van der Waals surface area (Å²) in [5, 5.41) is 9.10. The number of hydrogen-bond donors (Lipinski definition) is 1. The van der Waals surface area contributed by atoms with Crippen LogP contribution in [0.2, 0.25) is 0 Å². The van der Waals surface area contributed by atoms with E-state index < -0.39 is 0 Å². The molecule has 1 aliphatic carbocycles. The number of ether oxygens (including phenoxy) is 1. The van der Waals surface area contributed by atoms with E-state index in [2.05, 4.69) is 13.8 Å². The van der Waals surface area contributed by atoms with Crippen LogP contribution < -0.4 is 0 Å². The second-order valence-corrected chi connectivity index (χ2v) is 4.70. The molecule has 0 bridgehead atoms.